The molecule has 2 aromatic carbocycles. The number of fused-ring (bicyclic) bond motifs is 1. The van der Waals surface area contributed by atoms with Crippen molar-refractivity contribution in [3.8, 4) is 5.75 Å². The number of imidazole rings is 1. The lowest BCUT2D eigenvalue weighted by atomic mass is 10.1. The lowest BCUT2D eigenvalue weighted by molar-refractivity contribution is 0.0952. The van der Waals surface area contributed by atoms with Gasteiger partial charge in [-0.05, 0) is 56.2 Å². The van der Waals surface area contributed by atoms with E-state index in [2.05, 4.69) is 46.9 Å². The second-order valence-corrected chi connectivity index (χ2v) is 7.89. The minimum atomic E-state index is -0.103. The van der Waals surface area contributed by atoms with Crippen LogP contribution in [0.25, 0.3) is 11.0 Å². The molecule has 0 saturated carbocycles. The number of ether oxygens (including phenoxy) is 1. The monoisotopic (exact) mass is 428 g/mol. The molecule has 32 heavy (non-hydrogen) atoms. The summed E-state index contributed by atoms with van der Waals surface area (Å²) in [6.45, 7) is 6.01. The van der Waals surface area contributed by atoms with Crippen LogP contribution in [-0.4, -0.2) is 33.6 Å². The third-order valence-electron chi connectivity index (χ3n) is 5.42. The molecule has 0 aliphatic rings. The molecule has 2 heterocycles. The summed E-state index contributed by atoms with van der Waals surface area (Å²) in [5, 5.41) is 2.96. The molecule has 1 N–H and O–H groups in total. The Hall–Kier alpha value is -3.67. The highest BCUT2D eigenvalue weighted by Crippen LogP contribution is 2.20. The highest BCUT2D eigenvalue weighted by molar-refractivity contribution is 5.93. The molecule has 1 amide bonds. The first kappa shape index (κ1) is 21.6. The van der Waals surface area contributed by atoms with Gasteiger partial charge in [-0.15, -0.1) is 0 Å². The van der Waals surface area contributed by atoms with Crippen molar-refractivity contribution in [3.05, 3.63) is 89.5 Å². The van der Waals surface area contributed by atoms with E-state index in [1.807, 2.05) is 24.3 Å². The predicted molar refractivity (Wildman–Crippen MR) is 126 cm³/mol. The van der Waals surface area contributed by atoms with Crippen molar-refractivity contribution in [3.63, 3.8) is 0 Å². The number of nitrogens with one attached hydrogen (secondary N) is 1. The highest BCUT2D eigenvalue weighted by Gasteiger charge is 2.11. The first-order valence-corrected chi connectivity index (χ1v) is 10.9. The second-order valence-electron chi connectivity index (χ2n) is 7.89. The number of hydrogen-bond acceptors (Lipinski definition) is 4. The van der Waals surface area contributed by atoms with Crippen LogP contribution in [-0.2, 0) is 13.0 Å². The molecule has 0 unspecified atom stereocenters. The molecule has 164 valence electrons. The molecular formula is C26H28N4O2. The predicted octanol–water partition coefficient (Wildman–Crippen LogP) is 4.49. The number of hydrogen-bond donors (Lipinski definition) is 1. The van der Waals surface area contributed by atoms with Gasteiger partial charge in [-0.3, -0.25) is 9.78 Å². The van der Waals surface area contributed by atoms with Gasteiger partial charge in [0, 0.05) is 25.4 Å². The molecule has 6 heteroatoms. The van der Waals surface area contributed by atoms with Gasteiger partial charge in [0.2, 0.25) is 0 Å². The standard InChI is InChI=1S/C26H28N4O2/c1-19-11-12-24(20(2)17-19)32-16-15-30-23-9-4-3-8-22(23)29-25(30)10-6-14-28-26(31)21-7-5-13-27-18-21/h3-5,7-9,11-13,17-18H,6,10,14-16H2,1-2H3,(H,28,31). The molecular weight excluding hydrogens is 400 g/mol. The highest BCUT2D eigenvalue weighted by atomic mass is 16.5. The molecule has 0 atom stereocenters. The van der Waals surface area contributed by atoms with E-state index in [4.69, 9.17) is 9.72 Å². The van der Waals surface area contributed by atoms with E-state index >= 15 is 0 Å². The number of benzene rings is 2. The number of nitrogens with zero attached hydrogens (tertiary/aromatic N) is 3. The van der Waals surface area contributed by atoms with E-state index < -0.39 is 0 Å². The molecule has 0 aliphatic heterocycles. The summed E-state index contributed by atoms with van der Waals surface area (Å²) in [5.74, 6) is 1.82. The fraction of sp³-hybridized carbons (Fsp3) is 0.269. The maximum Gasteiger partial charge on any atom is 0.252 e. The Morgan fingerprint density at radius 3 is 2.78 bits per heavy atom. The number of pyridine rings is 1. The largest absolute Gasteiger partial charge is 0.491 e. The minimum absolute atomic E-state index is 0.103. The van der Waals surface area contributed by atoms with Crippen LogP contribution >= 0.6 is 0 Å². The zero-order chi connectivity index (χ0) is 22.3. The van der Waals surface area contributed by atoms with E-state index in [1.54, 1.807) is 24.5 Å². The Morgan fingerprint density at radius 2 is 1.97 bits per heavy atom. The number of para-hydroxylation sites is 2. The van der Waals surface area contributed by atoms with E-state index in [0.29, 0.717) is 25.3 Å². The maximum atomic E-state index is 12.2. The summed E-state index contributed by atoms with van der Waals surface area (Å²) in [6, 6.07) is 17.9. The molecule has 4 aromatic rings. The van der Waals surface area contributed by atoms with E-state index in [-0.39, 0.29) is 5.91 Å². The molecule has 4 rings (SSSR count). The third kappa shape index (κ3) is 5.14. The van der Waals surface area contributed by atoms with Crippen LogP contribution in [0, 0.1) is 13.8 Å². The Labute approximate surface area is 188 Å². The summed E-state index contributed by atoms with van der Waals surface area (Å²) in [6.07, 6.45) is 4.80. The Balaban J connectivity index is 1.38. The van der Waals surface area contributed by atoms with Crippen molar-refractivity contribution < 1.29 is 9.53 Å². The van der Waals surface area contributed by atoms with Crippen LogP contribution in [0.5, 0.6) is 5.75 Å². The maximum absolute atomic E-state index is 12.2. The van der Waals surface area contributed by atoms with Gasteiger partial charge >= 0.3 is 0 Å². The van der Waals surface area contributed by atoms with Gasteiger partial charge < -0.3 is 14.6 Å². The van der Waals surface area contributed by atoms with Gasteiger partial charge in [-0.25, -0.2) is 4.98 Å². The van der Waals surface area contributed by atoms with E-state index in [0.717, 1.165) is 41.0 Å². The molecule has 0 saturated heterocycles. The lowest BCUT2D eigenvalue weighted by Crippen LogP contribution is -2.25. The zero-order valence-corrected chi connectivity index (χ0v) is 18.5. The number of rotatable bonds is 9. The first-order chi connectivity index (χ1) is 15.6. The number of aromatic nitrogens is 3. The SMILES string of the molecule is Cc1ccc(OCCn2c(CCCNC(=O)c3cccnc3)nc3ccccc32)c(C)c1. The van der Waals surface area contributed by atoms with E-state index in [9.17, 15) is 4.79 Å². The Bertz CT molecular complexity index is 1200. The Kier molecular flexibility index (Phi) is 6.80. The van der Waals surface area contributed by atoms with Crippen LogP contribution in [0.2, 0.25) is 0 Å². The lowest BCUT2D eigenvalue weighted by Gasteiger charge is -2.13. The van der Waals surface area contributed by atoms with Gasteiger partial charge in [0.1, 0.15) is 18.2 Å². The summed E-state index contributed by atoms with van der Waals surface area (Å²) in [5.41, 5.74) is 5.03. The molecule has 6 nitrogen and oxygen atoms in total. The fourth-order valence-electron chi connectivity index (χ4n) is 3.82. The quantitative estimate of drug-likeness (QED) is 0.399. The molecule has 2 aromatic heterocycles. The van der Waals surface area contributed by atoms with E-state index in [1.165, 1.54) is 5.56 Å². The van der Waals surface area contributed by atoms with Crippen LogP contribution in [0.15, 0.2) is 67.0 Å². The summed E-state index contributed by atoms with van der Waals surface area (Å²) in [4.78, 5) is 21.0. The topological polar surface area (TPSA) is 69.0 Å². The molecule has 0 bridgehead atoms. The van der Waals surface area contributed by atoms with Gasteiger partial charge in [-0.2, -0.15) is 0 Å². The number of amides is 1. The second kappa shape index (κ2) is 10.1. The average Bonchev–Trinajstić information content (AvgIpc) is 3.16. The van der Waals surface area contributed by atoms with Crippen molar-refractivity contribution in [1.82, 2.24) is 19.9 Å². The molecule has 0 aliphatic carbocycles. The van der Waals surface area contributed by atoms with Crippen molar-refractivity contribution in [1.29, 1.82) is 0 Å². The first-order valence-electron chi connectivity index (χ1n) is 10.9. The van der Waals surface area contributed by atoms with Crippen LogP contribution in [0.1, 0.15) is 33.7 Å². The molecule has 0 fully saturated rings. The van der Waals surface area contributed by atoms with Crippen LogP contribution < -0.4 is 10.1 Å². The van der Waals surface area contributed by atoms with Gasteiger partial charge in [-0.1, -0.05) is 29.8 Å². The third-order valence-corrected chi connectivity index (χ3v) is 5.42. The molecule has 0 radical (unpaired) electrons. The minimum Gasteiger partial charge on any atom is -0.491 e. The smallest absolute Gasteiger partial charge is 0.252 e. The van der Waals surface area contributed by atoms with Crippen molar-refractivity contribution in [2.24, 2.45) is 0 Å². The van der Waals surface area contributed by atoms with Crippen molar-refractivity contribution in [2.75, 3.05) is 13.2 Å². The average molecular weight is 429 g/mol. The number of carbonyl (C=O) groups is 1. The zero-order valence-electron chi connectivity index (χ0n) is 18.5. The van der Waals surface area contributed by atoms with Gasteiger partial charge in [0.25, 0.3) is 5.91 Å². The van der Waals surface area contributed by atoms with Gasteiger partial charge in [0.15, 0.2) is 0 Å². The van der Waals surface area contributed by atoms with Gasteiger partial charge in [0.05, 0.1) is 23.1 Å². The van der Waals surface area contributed by atoms with Crippen LogP contribution in [0.3, 0.4) is 0 Å². The summed E-state index contributed by atoms with van der Waals surface area (Å²) >= 11 is 0. The fourth-order valence-corrected chi connectivity index (χ4v) is 3.82. The Morgan fingerprint density at radius 1 is 1.09 bits per heavy atom. The van der Waals surface area contributed by atoms with Crippen molar-refractivity contribution in [2.45, 2.75) is 33.2 Å². The number of aryl methyl sites for hydroxylation is 3. The number of carbonyl (C=O) groups excluding carboxylic acids is 1. The van der Waals surface area contributed by atoms with Crippen LogP contribution in [0.4, 0.5) is 0 Å². The summed E-state index contributed by atoms with van der Waals surface area (Å²) < 4.78 is 8.29. The molecule has 0 spiro atoms. The normalized spacial score (nSPS) is 10.9. The summed E-state index contributed by atoms with van der Waals surface area (Å²) in [7, 11) is 0. The van der Waals surface area contributed by atoms with Crippen molar-refractivity contribution >= 4 is 16.9 Å².